The van der Waals surface area contributed by atoms with Crippen LogP contribution >= 0.6 is 0 Å². The van der Waals surface area contributed by atoms with Gasteiger partial charge in [-0.15, -0.1) is 0 Å². The van der Waals surface area contributed by atoms with E-state index >= 15 is 0 Å². The van der Waals surface area contributed by atoms with Gasteiger partial charge in [-0.25, -0.2) is 17.6 Å². The van der Waals surface area contributed by atoms with Crippen LogP contribution in [0.15, 0.2) is 41.3 Å². The first-order valence-corrected chi connectivity index (χ1v) is 8.38. The molecule has 152 valence electrons. The fraction of sp³-hybridized carbons (Fsp3) is 0.158. The Labute approximate surface area is 161 Å². The third-order valence-corrected chi connectivity index (χ3v) is 3.84. The van der Waals surface area contributed by atoms with Crippen molar-refractivity contribution in [3.8, 4) is 5.75 Å². The van der Waals surface area contributed by atoms with E-state index in [0.717, 1.165) is 16.8 Å². The van der Waals surface area contributed by atoms with Gasteiger partial charge < -0.3 is 14.6 Å². The third kappa shape index (κ3) is 4.53. The summed E-state index contributed by atoms with van der Waals surface area (Å²) in [7, 11) is 0. The van der Waals surface area contributed by atoms with Crippen molar-refractivity contribution in [3.05, 3.63) is 81.5 Å². The quantitative estimate of drug-likeness (QED) is 0.490. The van der Waals surface area contributed by atoms with E-state index in [0.29, 0.717) is 24.5 Å². The SMILES string of the molecule is CCOc1ccc(F)c(Nc2nc(=O)c(F)cn2Cc2cc(F)c(F)c(F)c2)c1. The summed E-state index contributed by atoms with van der Waals surface area (Å²) in [6.45, 7) is 1.68. The summed E-state index contributed by atoms with van der Waals surface area (Å²) < 4.78 is 74.2. The molecule has 0 saturated heterocycles. The molecule has 0 aliphatic carbocycles. The van der Waals surface area contributed by atoms with Crippen LogP contribution in [0.4, 0.5) is 33.6 Å². The van der Waals surface area contributed by atoms with E-state index in [2.05, 4.69) is 10.3 Å². The summed E-state index contributed by atoms with van der Waals surface area (Å²) in [4.78, 5) is 15.1. The molecule has 0 saturated carbocycles. The number of anilines is 2. The number of benzene rings is 2. The van der Waals surface area contributed by atoms with E-state index in [1.54, 1.807) is 6.92 Å². The molecule has 0 fully saturated rings. The predicted molar refractivity (Wildman–Crippen MR) is 94.7 cm³/mol. The number of ether oxygens (including phenoxy) is 1. The number of hydrogen-bond donors (Lipinski definition) is 1. The van der Waals surface area contributed by atoms with Crippen LogP contribution in [0.1, 0.15) is 12.5 Å². The molecule has 5 nitrogen and oxygen atoms in total. The molecule has 1 aromatic heterocycles. The molecule has 0 unspecified atom stereocenters. The lowest BCUT2D eigenvalue weighted by atomic mass is 10.2. The average molecular weight is 411 g/mol. The van der Waals surface area contributed by atoms with Crippen molar-refractivity contribution in [2.75, 3.05) is 11.9 Å². The largest absolute Gasteiger partial charge is 0.494 e. The number of rotatable bonds is 6. The van der Waals surface area contributed by atoms with E-state index in [-0.39, 0.29) is 23.7 Å². The fourth-order valence-corrected chi connectivity index (χ4v) is 2.56. The Hall–Kier alpha value is -3.43. The molecule has 2 aromatic carbocycles. The minimum Gasteiger partial charge on any atom is -0.494 e. The smallest absolute Gasteiger partial charge is 0.310 e. The third-order valence-electron chi connectivity index (χ3n) is 3.84. The highest BCUT2D eigenvalue weighted by atomic mass is 19.2. The molecule has 10 heteroatoms. The Bertz CT molecular complexity index is 1090. The van der Waals surface area contributed by atoms with Crippen molar-refractivity contribution >= 4 is 11.6 Å². The van der Waals surface area contributed by atoms with Crippen molar-refractivity contribution < 1.29 is 26.7 Å². The van der Waals surface area contributed by atoms with Crippen LogP contribution in [0, 0.1) is 29.1 Å². The molecule has 0 amide bonds. The number of nitrogens with zero attached hydrogens (tertiary/aromatic N) is 2. The maximum absolute atomic E-state index is 14.1. The van der Waals surface area contributed by atoms with Crippen molar-refractivity contribution in [1.82, 2.24) is 9.55 Å². The molecule has 3 rings (SSSR count). The van der Waals surface area contributed by atoms with E-state index < -0.39 is 34.6 Å². The highest BCUT2D eigenvalue weighted by Gasteiger charge is 2.15. The lowest BCUT2D eigenvalue weighted by Gasteiger charge is -2.15. The first-order valence-electron chi connectivity index (χ1n) is 8.38. The second kappa shape index (κ2) is 8.29. The number of aromatic nitrogens is 2. The van der Waals surface area contributed by atoms with Gasteiger partial charge in [-0.1, -0.05) is 0 Å². The molecule has 0 radical (unpaired) electrons. The van der Waals surface area contributed by atoms with Gasteiger partial charge in [-0.05, 0) is 36.8 Å². The Kier molecular flexibility index (Phi) is 5.81. The Morgan fingerprint density at radius 1 is 1.00 bits per heavy atom. The Morgan fingerprint density at radius 3 is 2.34 bits per heavy atom. The molecule has 0 atom stereocenters. The van der Waals surface area contributed by atoms with Gasteiger partial charge in [0, 0.05) is 12.3 Å². The van der Waals surface area contributed by atoms with Crippen molar-refractivity contribution in [2.45, 2.75) is 13.5 Å². The van der Waals surface area contributed by atoms with Crippen molar-refractivity contribution in [3.63, 3.8) is 0 Å². The number of halogens is 5. The van der Waals surface area contributed by atoms with Gasteiger partial charge in [0.25, 0.3) is 0 Å². The normalized spacial score (nSPS) is 10.8. The standard InChI is InChI=1S/C19H14F5N3O2/c1-2-29-11-3-4-12(20)16(7-11)25-19-26-18(28)15(23)9-27(19)8-10-5-13(21)17(24)14(22)6-10/h3-7,9H,2,8H2,1H3,(H,25,26,28). The lowest BCUT2D eigenvalue weighted by molar-refractivity contribution is 0.340. The van der Waals surface area contributed by atoms with Gasteiger partial charge >= 0.3 is 5.56 Å². The second-order valence-corrected chi connectivity index (χ2v) is 5.92. The molecular weight excluding hydrogens is 397 g/mol. The molecule has 1 N–H and O–H groups in total. The summed E-state index contributed by atoms with van der Waals surface area (Å²) in [5.74, 6) is -6.42. The van der Waals surface area contributed by atoms with Gasteiger partial charge in [0.2, 0.25) is 11.8 Å². The summed E-state index contributed by atoms with van der Waals surface area (Å²) >= 11 is 0. The summed E-state index contributed by atoms with van der Waals surface area (Å²) in [5, 5.41) is 2.54. The molecule has 0 bridgehead atoms. The van der Waals surface area contributed by atoms with Gasteiger partial charge in [0.05, 0.1) is 18.8 Å². The minimum atomic E-state index is -1.65. The fourth-order valence-electron chi connectivity index (χ4n) is 2.56. The van der Waals surface area contributed by atoms with Crippen LogP contribution in [0.5, 0.6) is 5.75 Å². The number of hydrogen-bond acceptors (Lipinski definition) is 4. The summed E-state index contributed by atoms with van der Waals surface area (Å²) in [6.07, 6.45) is 0.737. The topological polar surface area (TPSA) is 56.1 Å². The predicted octanol–water partition coefficient (Wildman–Crippen LogP) is 4.13. The first-order chi connectivity index (χ1) is 13.8. The maximum Gasteiger partial charge on any atom is 0.310 e. The zero-order chi connectivity index (χ0) is 21.1. The monoisotopic (exact) mass is 411 g/mol. The van der Waals surface area contributed by atoms with Crippen LogP contribution in [-0.4, -0.2) is 16.2 Å². The van der Waals surface area contributed by atoms with Gasteiger partial charge in [-0.2, -0.15) is 9.37 Å². The van der Waals surface area contributed by atoms with E-state index in [1.807, 2.05) is 0 Å². The molecule has 3 aromatic rings. The second-order valence-electron chi connectivity index (χ2n) is 5.92. The zero-order valence-corrected chi connectivity index (χ0v) is 15.0. The van der Waals surface area contributed by atoms with Crippen LogP contribution in [0.25, 0.3) is 0 Å². The van der Waals surface area contributed by atoms with E-state index in [4.69, 9.17) is 4.74 Å². The molecule has 29 heavy (non-hydrogen) atoms. The van der Waals surface area contributed by atoms with E-state index in [1.165, 1.54) is 12.1 Å². The highest BCUT2D eigenvalue weighted by Crippen LogP contribution is 2.24. The van der Waals surface area contributed by atoms with Crippen LogP contribution in [0.3, 0.4) is 0 Å². The van der Waals surface area contributed by atoms with Crippen LogP contribution < -0.4 is 15.6 Å². The van der Waals surface area contributed by atoms with Gasteiger partial charge in [0.15, 0.2) is 17.5 Å². The molecular formula is C19H14F5N3O2. The average Bonchev–Trinajstić information content (AvgIpc) is 2.66. The molecule has 1 heterocycles. The van der Waals surface area contributed by atoms with Crippen molar-refractivity contribution in [1.29, 1.82) is 0 Å². The molecule has 0 aliphatic heterocycles. The first kappa shape index (κ1) is 20.3. The summed E-state index contributed by atoms with van der Waals surface area (Å²) in [5.41, 5.74) is -1.42. The van der Waals surface area contributed by atoms with E-state index in [9.17, 15) is 26.7 Å². The zero-order valence-electron chi connectivity index (χ0n) is 15.0. The maximum atomic E-state index is 14.1. The Morgan fingerprint density at radius 2 is 1.69 bits per heavy atom. The van der Waals surface area contributed by atoms with Gasteiger partial charge in [-0.3, -0.25) is 4.79 Å². The van der Waals surface area contributed by atoms with Gasteiger partial charge in [0.1, 0.15) is 11.6 Å². The van der Waals surface area contributed by atoms with Crippen LogP contribution in [-0.2, 0) is 6.54 Å². The van der Waals surface area contributed by atoms with Crippen LogP contribution in [0.2, 0.25) is 0 Å². The summed E-state index contributed by atoms with van der Waals surface area (Å²) in [6, 6.07) is 5.24. The molecule has 0 spiro atoms. The molecule has 0 aliphatic rings. The Balaban J connectivity index is 2.01. The number of nitrogens with one attached hydrogen (secondary N) is 1. The highest BCUT2D eigenvalue weighted by molar-refractivity contribution is 5.57. The minimum absolute atomic E-state index is 0.0714. The lowest BCUT2D eigenvalue weighted by Crippen LogP contribution is -2.20. The van der Waals surface area contributed by atoms with Crippen molar-refractivity contribution in [2.24, 2.45) is 0 Å².